The zero-order valence-electron chi connectivity index (χ0n) is 4.93. The molecule has 1 aliphatic carbocycles. The highest BCUT2D eigenvalue weighted by molar-refractivity contribution is 5.01. The van der Waals surface area contributed by atoms with Gasteiger partial charge >= 0.3 is 0 Å². The quantitative estimate of drug-likeness (QED) is 0.456. The zero-order chi connectivity index (χ0) is 5.98. The summed E-state index contributed by atoms with van der Waals surface area (Å²) in [5.41, 5.74) is 5.65. The summed E-state index contributed by atoms with van der Waals surface area (Å²) in [5, 5.41) is 0. The monoisotopic (exact) mass is 109 g/mol. The molecule has 44 valence electrons. The van der Waals surface area contributed by atoms with Gasteiger partial charge in [-0.3, -0.25) is 0 Å². The lowest BCUT2D eigenvalue weighted by Gasteiger charge is -2.04. The summed E-state index contributed by atoms with van der Waals surface area (Å²) in [5.74, 6) is 3.06. The molecule has 8 heavy (non-hydrogen) atoms. The average Bonchev–Trinajstić information content (AvgIpc) is 2.14. The van der Waals surface area contributed by atoms with E-state index in [1.54, 1.807) is 0 Å². The Labute approximate surface area is 50.3 Å². The van der Waals surface area contributed by atoms with E-state index in [0.717, 1.165) is 12.8 Å². The summed E-state index contributed by atoms with van der Waals surface area (Å²) in [7, 11) is 0. The molecule has 0 heterocycles. The summed E-state index contributed by atoms with van der Waals surface area (Å²) in [6, 6.07) is 0.292. The minimum atomic E-state index is 0.292. The first-order valence-electron chi connectivity index (χ1n) is 3.06. The Balaban J connectivity index is 2.45. The van der Waals surface area contributed by atoms with Crippen molar-refractivity contribution in [1.82, 2.24) is 0 Å². The Morgan fingerprint density at radius 1 is 1.50 bits per heavy atom. The molecule has 2 unspecified atom stereocenters. The summed E-state index contributed by atoms with van der Waals surface area (Å²) < 4.78 is 0. The van der Waals surface area contributed by atoms with E-state index in [2.05, 4.69) is 5.92 Å². The lowest BCUT2D eigenvalue weighted by molar-refractivity contribution is 0.600. The van der Waals surface area contributed by atoms with E-state index in [9.17, 15) is 0 Å². The predicted octanol–water partition coefficient (Wildman–Crippen LogP) is 0.747. The van der Waals surface area contributed by atoms with Crippen molar-refractivity contribution in [3.8, 4) is 12.3 Å². The first-order valence-corrected chi connectivity index (χ1v) is 3.06. The number of hydrogen-bond donors (Lipinski definition) is 1. The molecule has 1 saturated carbocycles. The van der Waals surface area contributed by atoms with Gasteiger partial charge in [0.2, 0.25) is 0 Å². The van der Waals surface area contributed by atoms with Crippen LogP contribution in [0.3, 0.4) is 0 Å². The van der Waals surface area contributed by atoms with Crippen molar-refractivity contribution in [2.24, 2.45) is 11.7 Å². The summed E-state index contributed by atoms with van der Waals surface area (Å²) in [6.45, 7) is 0. The average molecular weight is 109 g/mol. The van der Waals surface area contributed by atoms with E-state index in [1.165, 1.54) is 6.42 Å². The van der Waals surface area contributed by atoms with Gasteiger partial charge in [0.05, 0.1) is 0 Å². The molecule has 0 aliphatic heterocycles. The Hall–Kier alpha value is -0.480. The van der Waals surface area contributed by atoms with Crippen molar-refractivity contribution in [3.05, 3.63) is 0 Å². The molecule has 0 spiro atoms. The van der Waals surface area contributed by atoms with Gasteiger partial charge in [0, 0.05) is 12.0 Å². The molecule has 0 aromatic rings. The molecule has 2 atom stereocenters. The Bertz CT molecular complexity index is 112. The first kappa shape index (κ1) is 5.65. The standard InChI is InChI=1S/C7H11N/c1-2-6-4-3-5-7(6)8/h1,6-7H,3-5,8H2. The highest BCUT2D eigenvalue weighted by atomic mass is 14.7. The lowest BCUT2D eigenvalue weighted by Crippen LogP contribution is -2.22. The molecule has 1 heteroatoms. The number of rotatable bonds is 0. The van der Waals surface area contributed by atoms with Crippen LogP contribution in [0.15, 0.2) is 0 Å². The van der Waals surface area contributed by atoms with E-state index in [-0.39, 0.29) is 0 Å². The summed E-state index contributed by atoms with van der Waals surface area (Å²) in [4.78, 5) is 0. The van der Waals surface area contributed by atoms with E-state index in [4.69, 9.17) is 12.2 Å². The molecular formula is C7H11N. The Morgan fingerprint density at radius 3 is 2.50 bits per heavy atom. The van der Waals surface area contributed by atoms with Crippen molar-refractivity contribution < 1.29 is 0 Å². The molecule has 0 bridgehead atoms. The maximum absolute atomic E-state index is 5.65. The third-order valence-electron chi connectivity index (χ3n) is 1.78. The third-order valence-corrected chi connectivity index (χ3v) is 1.78. The number of terminal acetylenes is 1. The maximum atomic E-state index is 5.65. The van der Waals surface area contributed by atoms with Gasteiger partial charge in [-0.05, 0) is 12.8 Å². The van der Waals surface area contributed by atoms with Crippen LogP contribution < -0.4 is 5.73 Å². The van der Waals surface area contributed by atoms with Crippen molar-refractivity contribution in [2.45, 2.75) is 25.3 Å². The van der Waals surface area contributed by atoms with Crippen LogP contribution >= 0.6 is 0 Å². The van der Waals surface area contributed by atoms with Gasteiger partial charge in [0.1, 0.15) is 0 Å². The van der Waals surface area contributed by atoms with Gasteiger partial charge in [-0.1, -0.05) is 6.42 Å². The minimum Gasteiger partial charge on any atom is -0.327 e. The molecule has 0 saturated heterocycles. The molecular weight excluding hydrogens is 98.1 g/mol. The van der Waals surface area contributed by atoms with Crippen molar-refractivity contribution in [3.63, 3.8) is 0 Å². The second kappa shape index (κ2) is 2.19. The first-order chi connectivity index (χ1) is 3.84. The van der Waals surface area contributed by atoms with Gasteiger partial charge in [0.15, 0.2) is 0 Å². The minimum absolute atomic E-state index is 0.292. The fraction of sp³-hybridized carbons (Fsp3) is 0.714. The summed E-state index contributed by atoms with van der Waals surface area (Å²) >= 11 is 0. The van der Waals surface area contributed by atoms with Crippen LogP contribution in [-0.2, 0) is 0 Å². The second-order valence-electron chi connectivity index (χ2n) is 2.37. The topological polar surface area (TPSA) is 26.0 Å². The van der Waals surface area contributed by atoms with Crippen molar-refractivity contribution >= 4 is 0 Å². The number of nitrogens with two attached hydrogens (primary N) is 1. The fourth-order valence-corrected chi connectivity index (χ4v) is 1.20. The highest BCUT2D eigenvalue weighted by Gasteiger charge is 2.20. The molecule has 1 aliphatic rings. The van der Waals surface area contributed by atoms with Crippen molar-refractivity contribution in [1.29, 1.82) is 0 Å². The van der Waals surface area contributed by atoms with E-state index >= 15 is 0 Å². The van der Waals surface area contributed by atoms with Crippen LogP contribution in [-0.4, -0.2) is 6.04 Å². The van der Waals surface area contributed by atoms with Crippen LogP contribution in [0.2, 0.25) is 0 Å². The highest BCUT2D eigenvalue weighted by Crippen LogP contribution is 2.22. The van der Waals surface area contributed by atoms with Gasteiger partial charge in [-0.25, -0.2) is 0 Å². The third kappa shape index (κ3) is 0.850. The predicted molar refractivity (Wildman–Crippen MR) is 34.1 cm³/mol. The largest absolute Gasteiger partial charge is 0.327 e. The normalized spacial score (nSPS) is 37.0. The van der Waals surface area contributed by atoms with Gasteiger partial charge < -0.3 is 5.73 Å². The molecule has 0 aromatic carbocycles. The van der Waals surface area contributed by atoms with Gasteiger partial charge in [-0.2, -0.15) is 0 Å². The molecule has 0 radical (unpaired) electrons. The van der Waals surface area contributed by atoms with Gasteiger partial charge in [-0.15, -0.1) is 12.3 Å². The van der Waals surface area contributed by atoms with Crippen molar-refractivity contribution in [2.75, 3.05) is 0 Å². The lowest BCUT2D eigenvalue weighted by atomic mass is 10.1. The summed E-state index contributed by atoms with van der Waals surface area (Å²) in [6.07, 6.45) is 8.67. The molecule has 1 rings (SSSR count). The van der Waals surface area contributed by atoms with Crippen LogP contribution in [0.4, 0.5) is 0 Å². The van der Waals surface area contributed by atoms with E-state index in [1.807, 2.05) is 0 Å². The van der Waals surface area contributed by atoms with Crippen LogP contribution in [0.5, 0.6) is 0 Å². The molecule has 0 aromatic heterocycles. The molecule has 2 N–H and O–H groups in total. The van der Waals surface area contributed by atoms with E-state index < -0.39 is 0 Å². The fourth-order valence-electron chi connectivity index (χ4n) is 1.20. The Kier molecular flexibility index (Phi) is 1.55. The number of hydrogen-bond acceptors (Lipinski definition) is 1. The molecule has 1 fully saturated rings. The maximum Gasteiger partial charge on any atom is 0.0351 e. The van der Waals surface area contributed by atoms with Crippen LogP contribution in [0.25, 0.3) is 0 Å². The van der Waals surface area contributed by atoms with Crippen LogP contribution in [0, 0.1) is 18.3 Å². The van der Waals surface area contributed by atoms with E-state index in [0.29, 0.717) is 12.0 Å². The molecule has 1 nitrogen and oxygen atoms in total. The van der Waals surface area contributed by atoms with Gasteiger partial charge in [0.25, 0.3) is 0 Å². The Morgan fingerprint density at radius 2 is 2.25 bits per heavy atom. The SMILES string of the molecule is C#CC1CCCC1N. The molecule has 0 amide bonds. The smallest absolute Gasteiger partial charge is 0.0351 e. The zero-order valence-corrected chi connectivity index (χ0v) is 4.93. The second-order valence-corrected chi connectivity index (χ2v) is 2.37. The van der Waals surface area contributed by atoms with Crippen LogP contribution in [0.1, 0.15) is 19.3 Å².